The van der Waals surface area contributed by atoms with Crippen LogP contribution in [-0.2, 0) is 0 Å². The first-order valence-corrected chi connectivity index (χ1v) is 7.35. The molecule has 0 bridgehead atoms. The van der Waals surface area contributed by atoms with Crippen LogP contribution in [0.15, 0.2) is 38.2 Å². The van der Waals surface area contributed by atoms with Crippen molar-refractivity contribution < 1.29 is 4.52 Å². The van der Waals surface area contributed by atoms with E-state index in [9.17, 15) is 0 Å². The van der Waals surface area contributed by atoms with Crippen LogP contribution in [-0.4, -0.2) is 10.1 Å². The predicted octanol–water partition coefficient (Wildman–Crippen LogP) is 4.60. The average molecular weight is 295 g/mol. The molecule has 0 aliphatic carbocycles. The van der Waals surface area contributed by atoms with Crippen molar-refractivity contribution >= 4 is 45.4 Å². The largest absolute Gasteiger partial charge is 0.333 e. The van der Waals surface area contributed by atoms with Crippen molar-refractivity contribution in [2.45, 2.75) is 0 Å². The van der Waals surface area contributed by atoms with Gasteiger partial charge in [-0.05, 0) is 39.9 Å². The van der Waals surface area contributed by atoms with Gasteiger partial charge >= 0.3 is 0 Å². The molecule has 0 atom stereocenters. The van der Waals surface area contributed by atoms with Gasteiger partial charge in [-0.15, -0.1) is 0 Å². The first-order chi connectivity index (χ1) is 8.83. The molecule has 0 unspecified atom stereocenters. The van der Waals surface area contributed by atoms with Crippen molar-refractivity contribution in [3.63, 3.8) is 0 Å². The van der Waals surface area contributed by atoms with Gasteiger partial charge in [-0.1, -0.05) is 16.8 Å². The fraction of sp³-hybridized carbons (Fsp3) is 0. The molecule has 3 heterocycles. The molecule has 0 spiro atoms. The van der Waals surface area contributed by atoms with E-state index in [2.05, 4.69) is 10.1 Å². The second kappa shape index (κ2) is 5.06. The Labute approximate surface area is 116 Å². The summed E-state index contributed by atoms with van der Waals surface area (Å²) in [5.74, 6) is 0.896. The Balaban J connectivity index is 1.90. The van der Waals surface area contributed by atoms with Gasteiger partial charge in [0.05, 0.1) is 0 Å². The van der Waals surface area contributed by atoms with Crippen LogP contribution in [0, 0.1) is 0 Å². The van der Waals surface area contributed by atoms with Crippen LogP contribution in [0.25, 0.3) is 22.5 Å². The summed E-state index contributed by atoms with van der Waals surface area (Å²) in [7, 11) is 0. The minimum absolute atomic E-state index is 0.337. The molecule has 3 aromatic rings. The SMILES string of the molecule is Cl/C(=C\c1ccsc1)c1nc(-c2ccsc2)no1. The molecular weight excluding hydrogens is 288 g/mol. The van der Waals surface area contributed by atoms with Crippen molar-refractivity contribution in [2.24, 2.45) is 0 Å². The molecule has 0 aliphatic rings. The summed E-state index contributed by atoms with van der Waals surface area (Å²) in [5.41, 5.74) is 1.97. The third-order valence-electron chi connectivity index (χ3n) is 2.25. The highest BCUT2D eigenvalue weighted by molar-refractivity contribution is 7.08. The topological polar surface area (TPSA) is 38.9 Å². The van der Waals surface area contributed by atoms with Crippen LogP contribution >= 0.6 is 34.3 Å². The van der Waals surface area contributed by atoms with E-state index in [0.29, 0.717) is 16.7 Å². The lowest BCUT2D eigenvalue weighted by molar-refractivity contribution is 0.410. The third kappa shape index (κ3) is 2.38. The highest BCUT2D eigenvalue weighted by Crippen LogP contribution is 2.25. The number of rotatable bonds is 3. The summed E-state index contributed by atoms with van der Waals surface area (Å²) >= 11 is 9.34. The van der Waals surface area contributed by atoms with Crippen molar-refractivity contribution in [3.8, 4) is 11.4 Å². The van der Waals surface area contributed by atoms with E-state index in [4.69, 9.17) is 16.1 Å². The van der Waals surface area contributed by atoms with Gasteiger partial charge in [0.1, 0.15) is 5.03 Å². The molecule has 0 radical (unpaired) electrons. The minimum Gasteiger partial charge on any atom is -0.333 e. The van der Waals surface area contributed by atoms with Gasteiger partial charge in [0.15, 0.2) is 0 Å². The van der Waals surface area contributed by atoms with Crippen LogP contribution < -0.4 is 0 Å². The molecule has 90 valence electrons. The van der Waals surface area contributed by atoms with Gasteiger partial charge in [0.25, 0.3) is 5.89 Å². The standard InChI is InChI=1S/C12H7ClN2OS2/c13-10(5-8-1-3-17-6-8)12-14-11(15-16-12)9-2-4-18-7-9/h1-7H/b10-5-. The number of halogens is 1. The molecule has 3 aromatic heterocycles. The molecule has 6 heteroatoms. The Morgan fingerprint density at radius 2 is 2.06 bits per heavy atom. The predicted molar refractivity (Wildman–Crippen MR) is 75.7 cm³/mol. The maximum Gasteiger partial charge on any atom is 0.269 e. The monoisotopic (exact) mass is 294 g/mol. The highest BCUT2D eigenvalue weighted by atomic mass is 35.5. The molecule has 18 heavy (non-hydrogen) atoms. The molecule has 0 amide bonds. The third-order valence-corrected chi connectivity index (χ3v) is 3.90. The van der Waals surface area contributed by atoms with Gasteiger partial charge in [-0.25, -0.2) is 0 Å². The van der Waals surface area contributed by atoms with Gasteiger partial charge in [0, 0.05) is 10.9 Å². The second-order valence-electron chi connectivity index (χ2n) is 3.48. The molecule has 0 fully saturated rings. The van der Waals surface area contributed by atoms with Crippen molar-refractivity contribution in [1.29, 1.82) is 0 Å². The summed E-state index contributed by atoms with van der Waals surface area (Å²) in [5, 5.41) is 12.3. The smallest absolute Gasteiger partial charge is 0.269 e. The van der Waals surface area contributed by atoms with E-state index in [0.717, 1.165) is 11.1 Å². The van der Waals surface area contributed by atoms with Crippen LogP contribution in [0.2, 0.25) is 0 Å². The summed E-state index contributed by atoms with van der Waals surface area (Å²) < 4.78 is 5.15. The fourth-order valence-electron chi connectivity index (χ4n) is 1.39. The molecule has 0 aliphatic heterocycles. The Hall–Kier alpha value is -1.43. The number of thiophene rings is 2. The maximum absolute atomic E-state index is 6.14. The first-order valence-electron chi connectivity index (χ1n) is 5.09. The van der Waals surface area contributed by atoms with E-state index >= 15 is 0 Å². The van der Waals surface area contributed by atoms with E-state index in [-0.39, 0.29) is 0 Å². The van der Waals surface area contributed by atoms with Gasteiger partial charge in [-0.3, -0.25) is 0 Å². The van der Waals surface area contributed by atoms with E-state index < -0.39 is 0 Å². The Morgan fingerprint density at radius 1 is 1.22 bits per heavy atom. The van der Waals surface area contributed by atoms with Crippen molar-refractivity contribution in [2.75, 3.05) is 0 Å². The van der Waals surface area contributed by atoms with Gasteiger partial charge in [-0.2, -0.15) is 27.7 Å². The van der Waals surface area contributed by atoms with E-state index in [1.807, 2.05) is 39.7 Å². The zero-order chi connectivity index (χ0) is 12.4. The first kappa shape index (κ1) is 11.6. The maximum atomic E-state index is 6.14. The molecular formula is C12H7ClN2OS2. The summed E-state index contributed by atoms with van der Waals surface area (Å²) in [6.45, 7) is 0. The minimum atomic E-state index is 0.337. The summed E-state index contributed by atoms with van der Waals surface area (Å²) in [4.78, 5) is 4.27. The van der Waals surface area contributed by atoms with Gasteiger partial charge < -0.3 is 4.52 Å². The average Bonchev–Trinajstić information content (AvgIpc) is 3.11. The highest BCUT2D eigenvalue weighted by Gasteiger charge is 2.11. The summed E-state index contributed by atoms with van der Waals surface area (Å²) in [6.07, 6.45) is 1.81. The lowest BCUT2D eigenvalue weighted by atomic mass is 10.3. The van der Waals surface area contributed by atoms with E-state index in [1.165, 1.54) is 0 Å². The number of hydrogen-bond donors (Lipinski definition) is 0. The lowest BCUT2D eigenvalue weighted by Crippen LogP contribution is -1.78. The van der Waals surface area contributed by atoms with E-state index in [1.54, 1.807) is 22.7 Å². The van der Waals surface area contributed by atoms with Crippen LogP contribution in [0.5, 0.6) is 0 Å². The second-order valence-corrected chi connectivity index (χ2v) is 5.45. The van der Waals surface area contributed by atoms with Crippen LogP contribution in [0.1, 0.15) is 11.5 Å². The Kier molecular flexibility index (Phi) is 3.27. The number of hydrogen-bond acceptors (Lipinski definition) is 5. The normalized spacial score (nSPS) is 11.9. The molecule has 3 nitrogen and oxygen atoms in total. The van der Waals surface area contributed by atoms with Crippen LogP contribution in [0.3, 0.4) is 0 Å². The summed E-state index contributed by atoms with van der Waals surface area (Å²) in [6, 6.07) is 3.92. The van der Waals surface area contributed by atoms with Crippen molar-refractivity contribution in [3.05, 3.63) is 45.1 Å². The quantitative estimate of drug-likeness (QED) is 0.709. The zero-order valence-corrected chi connectivity index (χ0v) is 11.4. The molecule has 0 saturated heterocycles. The molecule has 0 N–H and O–H groups in total. The molecule has 0 aromatic carbocycles. The Morgan fingerprint density at radius 3 is 2.78 bits per heavy atom. The molecule has 3 rings (SSSR count). The van der Waals surface area contributed by atoms with Crippen molar-refractivity contribution in [1.82, 2.24) is 10.1 Å². The number of nitrogens with zero attached hydrogens (tertiary/aromatic N) is 2. The Bertz CT molecular complexity index is 656. The fourth-order valence-corrected chi connectivity index (χ4v) is 2.85. The number of aromatic nitrogens is 2. The lowest BCUT2D eigenvalue weighted by Gasteiger charge is -1.88. The zero-order valence-electron chi connectivity index (χ0n) is 9.04. The van der Waals surface area contributed by atoms with Crippen LogP contribution in [0.4, 0.5) is 0 Å². The molecule has 0 saturated carbocycles. The van der Waals surface area contributed by atoms with Gasteiger partial charge in [0.2, 0.25) is 5.82 Å².